The first-order valence-electron chi connectivity index (χ1n) is 10.7. The first-order chi connectivity index (χ1) is 14.4. The molecule has 3 fully saturated rings. The minimum Gasteiger partial charge on any atom is -0.377 e. The van der Waals surface area contributed by atoms with Crippen molar-refractivity contribution in [1.29, 1.82) is 0 Å². The van der Waals surface area contributed by atoms with Crippen molar-refractivity contribution in [2.24, 2.45) is 0 Å². The number of nitrogens with one attached hydrogen (secondary N) is 2. The van der Waals surface area contributed by atoms with Crippen LogP contribution in [-0.4, -0.2) is 64.5 Å². The molecule has 4 atom stereocenters. The number of hydrogen-bond acceptors (Lipinski definition) is 6. The maximum absolute atomic E-state index is 12.9. The SMILES string of the molecule is CCO[C@@H]1C[C@H](NC(=O)c2cccc(S(=O)(=O)NC[C@@H]3CCCO3)c2)[C@]12CCCO2. The van der Waals surface area contributed by atoms with Crippen molar-refractivity contribution < 1.29 is 27.4 Å². The third-order valence-electron chi connectivity index (χ3n) is 6.27. The van der Waals surface area contributed by atoms with Crippen LogP contribution in [0.4, 0.5) is 0 Å². The molecular formula is C21H30N2O6S. The summed E-state index contributed by atoms with van der Waals surface area (Å²) in [7, 11) is -3.72. The molecule has 0 radical (unpaired) electrons. The highest BCUT2D eigenvalue weighted by Gasteiger charge is 2.59. The van der Waals surface area contributed by atoms with E-state index in [1.54, 1.807) is 12.1 Å². The van der Waals surface area contributed by atoms with Gasteiger partial charge in [0.1, 0.15) is 5.60 Å². The molecule has 9 heteroatoms. The number of ether oxygens (including phenoxy) is 3. The molecule has 1 aromatic rings. The second-order valence-corrected chi connectivity index (χ2v) is 9.89. The summed E-state index contributed by atoms with van der Waals surface area (Å²) in [5, 5.41) is 3.03. The van der Waals surface area contributed by atoms with Gasteiger partial charge in [-0.3, -0.25) is 4.79 Å². The summed E-state index contributed by atoms with van der Waals surface area (Å²) in [5.41, 5.74) is -0.152. The molecule has 1 amide bonds. The zero-order valence-electron chi connectivity index (χ0n) is 17.3. The largest absolute Gasteiger partial charge is 0.377 e. The molecule has 8 nitrogen and oxygen atoms in total. The highest BCUT2D eigenvalue weighted by atomic mass is 32.2. The van der Waals surface area contributed by atoms with Crippen molar-refractivity contribution >= 4 is 15.9 Å². The van der Waals surface area contributed by atoms with Gasteiger partial charge in [-0.15, -0.1) is 0 Å². The molecule has 2 N–H and O–H groups in total. The highest BCUT2D eigenvalue weighted by Crippen LogP contribution is 2.45. The van der Waals surface area contributed by atoms with Crippen molar-refractivity contribution in [2.75, 3.05) is 26.4 Å². The van der Waals surface area contributed by atoms with Crippen LogP contribution in [0.5, 0.6) is 0 Å². The lowest BCUT2D eigenvalue weighted by Crippen LogP contribution is -2.69. The van der Waals surface area contributed by atoms with Crippen molar-refractivity contribution in [3.63, 3.8) is 0 Å². The average Bonchev–Trinajstić information content (AvgIpc) is 3.45. The first kappa shape index (κ1) is 21.7. The van der Waals surface area contributed by atoms with Gasteiger partial charge in [-0.25, -0.2) is 13.1 Å². The Morgan fingerprint density at radius 1 is 1.30 bits per heavy atom. The van der Waals surface area contributed by atoms with Crippen LogP contribution in [0.15, 0.2) is 29.2 Å². The predicted molar refractivity (Wildman–Crippen MR) is 110 cm³/mol. The number of benzene rings is 1. The summed E-state index contributed by atoms with van der Waals surface area (Å²) in [6.45, 7) is 4.13. The lowest BCUT2D eigenvalue weighted by molar-refractivity contribution is -0.194. The molecule has 0 aromatic heterocycles. The van der Waals surface area contributed by atoms with E-state index in [0.29, 0.717) is 31.8 Å². The van der Waals surface area contributed by atoms with Crippen molar-refractivity contribution in [1.82, 2.24) is 10.0 Å². The number of sulfonamides is 1. The van der Waals surface area contributed by atoms with Gasteiger partial charge in [-0.05, 0) is 57.2 Å². The van der Waals surface area contributed by atoms with Crippen LogP contribution >= 0.6 is 0 Å². The highest BCUT2D eigenvalue weighted by molar-refractivity contribution is 7.89. The molecule has 0 bridgehead atoms. The maximum atomic E-state index is 12.9. The van der Waals surface area contributed by atoms with Gasteiger partial charge in [0.05, 0.1) is 23.1 Å². The van der Waals surface area contributed by atoms with Crippen molar-refractivity contribution in [2.45, 2.75) is 67.8 Å². The topological polar surface area (TPSA) is 103 Å². The van der Waals surface area contributed by atoms with Gasteiger partial charge in [0, 0.05) is 31.9 Å². The smallest absolute Gasteiger partial charge is 0.251 e. The molecule has 1 saturated carbocycles. The Balaban J connectivity index is 1.41. The fraction of sp³-hybridized carbons (Fsp3) is 0.667. The normalized spacial score (nSPS) is 31.0. The second kappa shape index (κ2) is 8.92. The van der Waals surface area contributed by atoms with Crippen LogP contribution in [0.1, 0.15) is 49.4 Å². The second-order valence-electron chi connectivity index (χ2n) is 8.13. The molecule has 1 spiro atoms. The molecule has 1 aromatic carbocycles. The average molecular weight is 439 g/mol. The lowest BCUT2D eigenvalue weighted by Gasteiger charge is -2.52. The summed E-state index contributed by atoms with van der Waals surface area (Å²) in [6.07, 6.45) is 4.18. The standard InChI is InChI=1S/C21H30N2O6S/c1-2-27-19-13-18(21(19)9-5-11-29-21)23-20(24)15-6-3-8-17(12-15)30(25,26)22-14-16-7-4-10-28-16/h3,6,8,12,16,18-19,22H,2,4-5,7,9-11,13-14H2,1H3,(H,23,24)/t16-,18-,19+,21+/m0/s1. The monoisotopic (exact) mass is 438 g/mol. The number of rotatable bonds is 8. The first-order valence-corrected chi connectivity index (χ1v) is 12.2. The molecule has 2 saturated heterocycles. The van der Waals surface area contributed by atoms with Crippen LogP contribution in [-0.2, 0) is 24.2 Å². The van der Waals surface area contributed by atoms with E-state index in [4.69, 9.17) is 14.2 Å². The van der Waals surface area contributed by atoms with Gasteiger partial charge in [-0.1, -0.05) is 6.07 Å². The Morgan fingerprint density at radius 2 is 2.17 bits per heavy atom. The molecule has 166 valence electrons. The Labute approximate surface area is 177 Å². The van der Waals surface area contributed by atoms with Gasteiger partial charge >= 0.3 is 0 Å². The fourth-order valence-electron chi connectivity index (χ4n) is 4.62. The van der Waals surface area contributed by atoms with E-state index in [1.165, 1.54) is 12.1 Å². The molecule has 1 aliphatic carbocycles. The minimum absolute atomic E-state index is 0.0102. The van der Waals surface area contributed by atoms with E-state index in [0.717, 1.165) is 25.7 Å². The molecule has 4 rings (SSSR count). The lowest BCUT2D eigenvalue weighted by atomic mass is 9.70. The van der Waals surface area contributed by atoms with Crippen molar-refractivity contribution in [3.05, 3.63) is 29.8 Å². The Hall–Kier alpha value is -1.52. The summed E-state index contributed by atoms with van der Waals surface area (Å²) < 4.78 is 45.1. The van der Waals surface area contributed by atoms with Gasteiger partial charge in [0.25, 0.3) is 5.91 Å². The van der Waals surface area contributed by atoms with Crippen LogP contribution in [0, 0.1) is 0 Å². The van der Waals surface area contributed by atoms with E-state index in [2.05, 4.69) is 10.0 Å². The molecule has 30 heavy (non-hydrogen) atoms. The summed E-state index contributed by atoms with van der Waals surface area (Å²) in [5.74, 6) is -0.305. The maximum Gasteiger partial charge on any atom is 0.251 e. The van der Waals surface area contributed by atoms with Gasteiger partial charge in [0.2, 0.25) is 10.0 Å². The van der Waals surface area contributed by atoms with Crippen molar-refractivity contribution in [3.8, 4) is 0 Å². The summed E-state index contributed by atoms with van der Waals surface area (Å²) >= 11 is 0. The predicted octanol–water partition coefficient (Wildman–Crippen LogP) is 1.60. The molecule has 2 aliphatic heterocycles. The van der Waals surface area contributed by atoms with E-state index >= 15 is 0 Å². The Bertz CT molecular complexity index is 862. The van der Waals surface area contributed by atoms with E-state index in [1.807, 2.05) is 6.92 Å². The number of amides is 1. The third kappa shape index (κ3) is 4.27. The zero-order valence-corrected chi connectivity index (χ0v) is 18.1. The number of carbonyl (C=O) groups is 1. The molecule has 0 unspecified atom stereocenters. The van der Waals surface area contributed by atoms with Gasteiger partial charge in [0.15, 0.2) is 0 Å². The Morgan fingerprint density at radius 3 is 2.87 bits per heavy atom. The van der Waals surface area contributed by atoms with Gasteiger partial charge in [-0.2, -0.15) is 0 Å². The molecule has 3 aliphatic rings. The third-order valence-corrected chi connectivity index (χ3v) is 7.69. The Kier molecular flexibility index (Phi) is 6.45. The quantitative estimate of drug-likeness (QED) is 0.639. The summed E-state index contributed by atoms with van der Waals surface area (Å²) in [6, 6.07) is 5.97. The van der Waals surface area contributed by atoms with E-state index < -0.39 is 15.6 Å². The van der Waals surface area contributed by atoms with Crippen LogP contribution in [0.3, 0.4) is 0 Å². The van der Waals surface area contributed by atoms with E-state index in [-0.39, 0.29) is 35.6 Å². The van der Waals surface area contributed by atoms with Crippen LogP contribution < -0.4 is 10.0 Å². The summed E-state index contributed by atoms with van der Waals surface area (Å²) in [4.78, 5) is 12.9. The molecular weight excluding hydrogens is 408 g/mol. The van der Waals surface area contributed by atoms with Crippen LogP contribution in [0.2, 0.25) is 0 Å². The number of hydrogen-bond donors (Lipinski definition) is 2. The zero-order chi connectivity index (χ0) is 21.2. The molecule has 2 heterocycles. The van der Waals surface area contributed by atoms with E-state index in [9.17, 15) is 13.2 Å². The number of carbonyl (C=O) groups excluding carboxylic acids is 1. The minimum atomic E-state index is -3.72. The fourth-order valence-corrected chi connectivity index (χ4v) is 5.73. The van der Waals surface area contributed by atoms with Gasteiger partial charge < -0.3 is 19.5 Å². The van der Waals surface area contributed by atoms with Crippen LogP contribution in [0.25, 0.3) is 0 Å².